The van der Waals surface area contributed by atoms with Crippen LogP contribution in [0.4, 0.5) is 0 Å². The molecule has 0 N–H and O–H groups in total. The van der Waals surface area contributed by atoms with E-state index in [0.29, 0.717) is 0 Å². The molecule has 0 aromatic carbocycles. The minimum Gasteiger partial charge on any atom is -0.0557 e. The molecule has 0 bridgehead atoms. The lowest BCUT2D eigenvalue weighted by atomic mass is 9.98. The molecular formula is C4H12Si2. The number of rotatable bonds is 0. The van der Waals surface area contributed by atoms with Gasteiger partial charge in [-0.05, 0) is 0 Å². The Morgan fingerprint density at radius 1 is 1.17 bits per heavy atom. The summed E-state index contributed by atoms with van der Waals surface area (Å²) in [5.41, 5.74) is 0. The number of hydrogen-bond acceptors (Lipinski definition) is 0. The molecule has 1 aliphatic carbocycles. The fourth-order valence-corrected chi connectivity index (χ4v) is 2.30. The lowest BCUT2D eigenvalue weighted by molar-refractivity contribution is 0.455. The summed E-state index contributed by atoms with van der Waals surface area (Å²) in [4.78, 5) is 0. The van der Waals surface area contributed by atoms with Gasteiger partial charge in [-0.1, -0.05) is 23.9 Å². The maximum atomic E-state index is 1.57. The normalized spacial score (nSPS) is 30.0. The van der Waals surface area contributed by atoms with Crippen LogP contribution in [0.1, 0.15) is 19.3 Å². The van der Waals surface area contributed by atoms with Crippen molar-refractivity contribution in [3.63, 3.8) is 0 Å². The van der Waals surface area contributed by atoms with Gasteiger partial charge >= 0.3 is 0 Å². The van der Waals surface area contributed by atoms with Gasteiger partial charge in [0.2, 0.25) is 0 Å². The molecule has 1 rings (SSSR count). The Labute approximate surface area is 45.2 Å². The van der Waals surface area contributed by atoms with Crippen molar-refractivity contribution in [3.8, 4) is 0 Å². The molecule has 0 aromatic heterocycles. The van der Waals surface area contributed by atoms with E-state index in [1.54, 1.807) is 12.8 Å². The smallest absolute Gasteiger partial charge is 0.00623 e. The Balaban J connectivity index is 2.31. The van der Waals surface area contributed by atoms with Gasteiger partial charge in [-0.2, -0.15) is 0 Å². The molecule has 0 saturated heterocycles. The van der Waals surface area contributed by atoms with Crippen molar-refractivity contribution in [3.05, 3.63) is 0 Å². The predicted octanol–water partition coefficient (Wildman–Crippen LogP) is -0.983. The second kappa shape index (κ2) is 1.20. The highest BCUT2D eigenvalue weighted by Crippen LogP contribution is 2.40. The van der Waals surface area contributed by atoms with Gasteiger partial charge in [0.15, 0.2) is 0 Å². The Kier molecular flexibility index (Phi) is 0.918. The summed E-state index contributed by atoms with van der Waals surface area (Å²) < 4.78 is 1.00. The summed E-state index contributed by atoms with van der Waals surface area (Å²) >= 11 is 0. The van der Waals surface area contributed by atoms with Crippen LogP contribution in [0.15, 0.2) is 0 Å². The lowest BCUT2D eigenvalue weighted by Crippen LogP contribution is -2.21. The van der Waals surface area contributed by atoms with Crippen LogP contribution in [0.2, 0.25) is 4.66 Å². The molecule has 1 aliphatic rings. The van der Waals surface area contributed by atoms with E-state index in [4.69, 9.17) is 0 Å². The molecule has 36 valence electrons. The largest absolute Gasteiger partial charge is 0.0557 e. The molecule has 0 spiro atoms. The zero-order valence-electron chi connectivity index (χ0n) is 4.62. The van der Waals surface area contributed by atoms with Crippen LogP contribution < -0.4 is 0 Å². The van der Waals surface area contributed by atoms with Gasteiger partial charge in [0, 0.05) is 20.5 Å². The van der Waals surface area contributed by atoms with Crippen LogP contribution in [-0.2, 0) is 0 Å². The first kappa shape index (κ1) is 4.59. The fraction of sp³-hybridized carbons (Fsp3) is 1.00. The minimum absolute atomic E-state index is 1.00. The van der Waals surface area contributed by atoms with Crippen molar-refractivity contribution in [1.82, 2.24) is 0 Å². The Morgan fingerprint density at radius 2 is 1.50 bits per heavy atom. The first-order valence-electron chi connectivity index (χ1n) is 2.71. The van der Waals surface area contributed by atoms with Crippen molar-refractivity contribution >= 4 is 20.5 Å². The quantitative estimate of drug-likeness (QED) is 0.357. The van der Waals surface area contributed by atoms with Gasteiger partial charge < -0.3 is 0 Å². The molecule has 0 heterocycles. The van der Waals surface area contributed by atoms with E-state index in [1.807, 2.05) is 0 Å². The van der Waals surface area contributed by atoms with Crippen molar-refractivity contribution in [1.29, 1.82) is 0 Å². The molecule has 0 aliphatic heterocycles. The maximum absolute atomic E-state index is 1.57. The monoisotopic (exact) mass is 116 g/mol. The van der Waals surface area contributed by atoms with E-state index in [2.05, 4.69) is 0 Å². The molecule has 1 fully saturated rings. The molecule has 1 saturated carbocycles. The highest BCUT2D eigenvalue weighted by Gasteiger charge is 2.24. The van der Waals surface area contributed by atoms with Crippen molar-refractivity contribution in [2.24, 2.45) is 0 Å². The second-order valence-corrected chi connectivity index (χ2v) is 9.85. The Hall–Kier alpha value is 0.434. The fourth-order valence-electron chi connectivity index (χ4n) is 0.884. The minimum atomic E-state index is 1.00. The van der Waals surface area contributed by atoms with E-state index < -0.39 is 0 Å². The third-order valence-corrected chi connectivity index (χ3v) is 3.71. The third-order valence-electron chi connectivity index (χ3n) is 1.71. The van der Waals surface area contributed by atoms with Crippen LogP contribution in [0, 0.1) is 0 Å². The van der Waals surface area contributed by atoms with Crippen LogP contribution in [-0.4, -0.2) is 20.5 Å². The van der Waals surface area contributed by atoms with Crippen molar-refractivity contribution in [2.45, 2.75) is 23.9 Å². The van der Waals surface area contributed by atoms with Gasteiger partial charge in [-0.15, -0.1) is 0 Å². The van der Waals surface area contributed by atoms with Crippen LogP contribution >= 0.6 is 0 Å². The third kappa shape index (κ3) is 0.735. The molecule has 6 heavy (non-hydrogen) atoms. The predicted molar refractivity (Wildman–Crippen MR) is 36.4 cm³/mol. The Morgan fingerprint density at radius 3 is 1.50 bits per heavy atom. The number of hydrogen-bond donors (Lipinski definition) is 0. The average Bonchev–Trinajstić information content (AvgIpc) is 1.32. The summed E-state index contributed by atoms with van der Waals surface area (Å²) in [6, 6.07) is 0. The molecule has 0 amide bonds. The van der Waals surface area contributed by atoms with E-state index in [0.717, 1.165) is 4.66 Å². The van der Waals surface area contributed by atoms with Gasteiger partial charge in [0.25, 0.3) is 0 Å². The Bertz CT molecular complexity index is 52.6. The van der Waals surface area contributed by atoms with Crippen molar-refractivity contribution < 1.29 is 0 Å². The van der Waals surface area contributed by atoms with Gasteiger partial charge in [0.05, 0.1) is 0 Å². The van der Waals surface area contributed by atoms with E-state index in [1.165, 1.54) is 26.9 Å². The van der Waals surface area contributed by atoms with Gasteiger partial charge in [0.1, 0.15) is 0 Å². The summed E-state index contributed by atoms with van der Waals surface area (Å²) in [6.45, 7) is 0. The van der Waals surface area contributed by atoms with Crippen LogP contribution in [0.25, 0.3) is 0 Å². The van der Waals surface area contributed by atoms with Gasteiger partial charge in [-0.3, -0.25) is 0 Å². The zero-order chi connectivity index (χ0) is 4.62. The molecule has 0 nitrogen and oxygen atoms in total. The summed E-state index contributed by atoms with van der Waals surface area (Å²) in [5.74, 6) is 0. The van der Waals surface area contributed by atoms with Crippen LogP contribution in [0.5, 0.6) is 0 Å². The zero-order valence-corrected chi connectivity index (χ0v) is 8.62. The van der Waals surface area contributed by atoms with E-state index in [9.17, 15) is 0 Å². The van der Waals surface area contributed by atoms with E-state index in [-0.39, 0.29) is 0 Å². The van der Waals surface area contributed by atoms with E-state index >= 15 is 0 Å². The first-order valence-corrected chi connectivity index (χ1v) is 4.71. The van der Waals surface area contributed by atoms with Gasteiger partial charge in [-0.25, -0.2) is 0 Å². The molecule has 0 aromatic rings. The first-order chi connectivity index (χ1) is 2.71. The molecule has 0 radical (unpaired) electrons. The summed E-state index contributed by atoms with van der Waals surface area (Å²) in [5, 5.41) is 0. The standard InChI is InChI=1S/C4H12Si2/c5-4(6)2-1-3-4/h1-3H2,5-6H3. The van der Waals surface area contributed by atoms with Crippen molar-refractivity contribution in [2.75, 3.05) is 0 Å². The molecule has 0 unspecified atom stereocenters. The SMILES string of the molecule is [SiH3]C1([SiH3])CCC1. The summed E-state index contributed by atoms with van der Waals surface area (Å²) in [6.07, 6.45) is 4.68. The molecular weight excluding hydrogens is 104 g/mol. The maximum Gasteiger partial charge on any atom is 0.00623 e. The molecule has 2 heteroatoms. The highest BCUT2D eigenvalue weighted by atomic mass is 28.2. The highest BCUT2D eigenvalue weighted by molar-refractivity contribution is 6.40. The topological polar surface area (TPSA) is 0 Å². The second-order valence-electron chi connectivity index (χ2n) is 3.02. The van der Waals surface area contributed by atoms with Crippen LogP contribution in [0.3, 0.4) is 0 Å². The molecule has 0 atom stereocenters. The average molecular weight is 116 g/mol. The summed E-state index contributed by atoms with van der Waals surface area (Å²) in [7, 11) is 2.95. The lowest BCUT2D eigenvalue weighted by Gasteiger charge is -2.33.